The van der Waals surface area contributed by atoms with Gasteiger partial charge in [-0.15, -0.1) is 0 Å². The van der Waals surface area contributed by atoms with Crippen molar-refractivity contribution in [3.05, 3.63) is 57.6 Å². The highest BCUT2D eigenvalue weighted by atomic mass is 35.5. The van der Waals surface area contributed by atoms with Crippen LogP contribution in [0.15, 0.2) is 36.4 Å². The predicted molar refractivity (Wildman–Crippen MR) is 98.1 cm³/mol. The standard InChI is InChI=1S/C16H11Cl2F3N2O2S/c1-25-13-5-3-9(17)7-10(13)14(24)23-15(26)22-12-6-8(16(19,20)21)2-4-11(12)18/h2-7H,1H3,(H2,22,23,24,26). The molecule has 0 aliphatic heterocycles. The number of amides is 1. The van der Waals surface area contributed by atoms with Crippen LogP contribution >= 0.6 is 35.4 Å². The highest BCUT2D eigenvalue weighted by molar-refractivity contribution is 7.80. The molecule has 138 valence electrons. The van der Waals surface area contributed by atoms with Gasteiger partial charge in [-0.25, -0.2) is 0 Å². The second-order valence-electron chi connectivity index (χ2n) is 4.95. The number of alkyl halides is 3. The summed E-state index contributed by atoms with van der Waals surface area (Å²) < 4.78 is 43.4. The summed E-state index contributed by atoms with van der Waals surface area (Å²) in [6.45, 7) is 0. The smallest absolute Gasteiger partial charge is 0.416 e. The third-order valence-electron chi connectivity index (χ3n) is 3.18. The van der Waals surface area contributed by atoms with Crippen LogP contribution < -0.4 is 15.4 Å². The Morgan fingerprint density at radius 2 is 1.85 bits per heavy atom. The lowest BCUT2D eigenvalue weighted by Gasteiger charge is -2.14. The van der Waals surface area contributed by atoms with Gasteiger partial charge in [-0.3, -0.25) is 10.1 Å². The molecule has 0 heterocycles. The lowest BCUT2D eigenvalue weighted by Crippen LogP contribution is -2.34. The van der Waals surface area contributed by atoms with E-state index >= 15 is 0 Å². The Bertz CT molecular complexity index is 860. The number of ether oxygens (including phenoxy) is 1. The van der Waals surface area contributed by atoms with Gasteiger partial charge in [0.1, 0.15) is 5.75 Å². The van der Waals surface area contributed by atoms with Gasteiger partial charge in [0, 0.05) is 5.02 Å². The highest BCUT2D eigenvalue weighted by Gasteiger charge is 2.31. The van der Waals surface area contributed by atoms with Gasteiger partial charge in [0.05, 0.1) is 28.9 Å². The van der Waals surface area contributed by atoms with Crippen LogP contribution in [0, 0.1) is 0 Å². The number of benzene rings is 2. The first-order valence-corrected chi connectivity index (χ1v) is 8.11. The molecule has 0 aromatic heterocycles. The van der Waals surface area contributed by atoms with Crippen LogP contribution in [-0.4, -0.2) is 18.1 Å². The van der Waals surface area contributed by atoms with E-state index < -0.39 is 17.6 Å². The number of carbonyl (C=O) groups is 1. The van der Waals surface area contributed by atoms with E-state index in [0.717, 1.165) is 18.2 Å². The molecule has 0 saturated heterocycles. The number of hydrogen-bond donors (Lipinski definition) is 2. The maximum absolute atomic E-state index is 12.8. The largest absolute Gasteiger partial charge is 0.496 e. The molecule has 26 heavy (non-hydrogen) atoms. The lowest BCUT2D eigenvalue weighted by molar-refractivity contribution is -0.137. The molecule has 0 aliphatic rings. The number of hydrogen-bond acceptors (Lipinski definition) is 3. The molecule has 2 aromatic carbocycles. The van der Waals surface area contributed by atoms with Gasteiger partial charge in [-0.05, 0) is 48.6 Å². The van der Waals surface area contributed by atoms with Crippen LogP contribution in [0.1, 0.15) is 15.9 Å². The van der Waals surface area contributed by atoms with Crippen LogP contribution in [0.4, 0.5) is 18.9 Å². The van der Waals surface area contributed by atoms with Crippen molar-refractivity contribution in [2.24, 2.45) is 0 Å². The Labute approximate surface area is 162 Å². The van der Waals surface area contributed by atoms with Crippen molar-refractivity contribution in [3.8, 4) is 5.75 Å². The molecule has 0 spiro atoms. The van der Waals surface area contributed by atoms with E-state index in [1.54, 1.807) is 0 Å². The zero-order valence-corrected chi connectivity index (χ0v) is 15.4. The van der Waals surface area contributed by atoms with Crippen molar-refractivity contribution in [1.29, 1.82) is 0 Å². The van der Waals surface area contributed by atoms with Crippen molar-refractivity contribution in [3.63, 3.8) is 0 Å². The third-order valence-corrected chi connectivity index (χ3v) is 3.94. The number of carbonyl (C=O) groups excluding carboxylic acids is 1. The van der Waals surface area contributed by atoms with E-state index in [2.05, 4.69) is 10.6 Å². The van der Waals surface area contributed by atoms with E-state index in [1.165, 1.54) is 25.3 Å². The quantitative estimate of drug-likeness (QED) is 0.671. The van der Waals surface area contributed by atoms with Crippen LogP contribution in [0.25, 0.3) is 0 Å². The zero-order chi connectivity index (χ0) is 19.5. The highest BCUT2D eigenvalue weighted by Crippen LogP contribution is 2.33. The van der Waals surface area contributed by atoms with E-state index in [0.29, 0.717) is 5.02 Å². The summed E-state index contributed by atoms with van der Waals surface area (Å²) in [5.74, 6) is -0.392. The van der Waals surface area contributed by atoms with Crippen molar-refractivity contribution >= 4 is 52.1 Å². The molecule has 2 N–H and O–H groups in total. The van der Waals surface area contributed by atoms with Gasteiger partial charge in [-0.1, -0.05) is 23.2 Å². The van der Waals surface area contributed by atoms with Crippen molar-refractivity contribution in [2.75, 3.05) is 12.4 Å². The molecule has 0 radical (unpaired) electrons. The second-order valence-corrected chi connectivity index (χ2v) is 6.20. The fourth-order valence-corrected chi connectivity index (χ4v) is 2.52. The first-order chi connectivity index (χ1) is 12.1. The van der Waals surface area contributed by atoms with Gasteiger partial charge in [0.2, 0.25) is 0 Å². The minimum absolute atomic E-state index is 0.00920. The zero-order valence-electron chi connectivity index (χ0n) is 13.1. The molecular formula is C16H11Cl2F3N2O2S. The van der Waals surface area contributed by atoms with E-state index in [9.17, 15) is 18.0 Å². The van der Waals surface area contributed by atoms with E-state index in [-0.39, 0.29) is 27.1 Å². The van der Waals surface area contributed by atoms with Gasteiger partial charge >= 0.3 is 6.18 Å². The molecule has 10 heteroatoms. The Balaban J connectivity index is 2.17. The van der Waals surface area contributed by atoms with Gasteiger partial charge in [-0.2, -0.15) is 13.2 Å². The fourth-order valence-electron chi connectivity index (χ4n) is 1.98. The number of halogens is 5. The molecule has 0 atom stereocenters. The molecule has 0 saturated carbocycles. The Morgan fingerprint density at radius 1 is 1.15 bits per heavy atom. The summed E-state index contributed by atoms with van der Waals surface area (Å²) >= 11 is 16.7. The van der Waals surface area contributed by atoms with Crippen LogP contribution in [-0.2, 0) is 6.18 Å². The SMILES string of the molecule is COc1ccc(Cl)cc1C(=O)NC(=S)Nc1cc(C(F)(F)F)ccc1Cl. The van der Waals surface area contributed by atoms with E-state index in [1.807, 2.05) is 0 Å². The minimum atomic E-state index is -4.54. The predicted octanol–water partition coefficient (Wildman–Crippen LogP) is 5.15. The van der Waals surface area contributed by atoms with Crippen molar-refractivity contribution < 1.29 is 22.7 Å². The maximum atomic E-state index is 12.8. The van der Waals surface area contributed by atoms with Gasteiger partial charge < -0.3 is 10.1 Å². The third kappa shape index (κ3) is 5.00. The van der Waals surface area contributed by atoms with Gasteiger partial charge in [0.15, 0.2) is 5.11 Å². The molecule has 2 aromatic rings. The van der Waals surface area contributed by atoms with Gasteiger partial charge in [0.25, 0.3) is 5.91 Å². The van der Waals surface area contributed by atoms with Crippen molar-refractivity contribution in [1.82, 2.24) is 5.32 Å². The first-order valence-electron chi connectivity index (χ1n) is 6.94. The molecule has 0 unspecified atom stereocenters. The van der Waals surface area contributed by atoms with Crippen LogP contribution in [0.5, 0.6) is 5.75 Å². The fraction of sp³-hybridized carbons (Fsp3) is 0.125. The minimum Gasteiger partial charge on any atom is -0.496 e. The summed E-state index contributed by atoms with van der Waals surface area (Å²) in [5.41, 5.74) is -0.890. The topological polar surface area (TPSA) is 50.4 Å². The van der Waals surface area contributed by atoms with Crippen LogP contribution in [0.2, 0.25) is 10.0 Å². The number of methoxy groups -OCH3 is 1. The molecule has 4 nitrogen and oxygen atoms in total. The Hall–Kier alpha value is -2.03. The maximum Gasteiger partial charge on any atom is 0.416 e. The van der Waals surface area contributed by atoms with E-state index in [4.69, 9.17) is 40.2 Å². The number of rotatable bonds is 3. The molecule has 0 aliphatic carbocycles. The molecule has 2 rings (SSSR count). The second kappa shape index (κ2) is 8.11. The molecule has 1 amide bonds. The molecule has 0 fully saturated rings. The summed E-state index contributed by atoms with van der Waals surface area (Å²) in [6, 6.07) is 7.12. The summed E-state index contributed by atoms with van der Waals surface area (Å²) in [7, 11) is 1.37. The Kier molecular flexibility index (Phi) is 6.33. The average Bonchev–Trinajstić information content (AvgIpc) is 2.55. The van der Waals surface area contributed by atoms with Crippen LogP contribution in [0.3, 0.4) is 0 Å². The summed E-state index contributed by atoms with van der Waals surface area (Å²) in [4.78, 5) is 12.3. The average molecular weight is 423 g/mol. The first kappa shape index (κ1) is 20.3. The normalized spacial score (nSPS) is 11.0. The Morgan fingerprint density at radius 3 is 2.46 bits per heavy atom. The number of nitrogens with one attached hydrogen (secondary N) is 2. The number of anilines is 1. The monoisotopic (exact) mass is 422 g/mol. The summed E-state index contributed by atoms with van der Waals surface area (Å²) in [6.07, 6.45) is -4.54. The lowest BCUT2D eigenvalue weighted by atomic mass is 10.2. The molecular weight excluding hydrogens is 412 g/mol. The summed E-state index contributed by atoms with van der Waals surface area (Å²) in [5, 5.41) is 4.88. The van der Waals surface area contributed by atoms with Crippen molar-refractivity contribution in [2.45, 2.75) is 6.18 Å². The number of thiocarbonyl (C=S) groups is 1. The molecule has 0 bridgehead atoms.